The predicted octanol–water partition coefficient (Wildman–Crippen LogP) is 1.77. The Bertz CT molecular complexity index is 40.1. The van der Waals surface area contributed by atoms with E-state index in [9.17, 15) is 0 Å². The van der Waals surface area contributed by atoms with E-state index >= 15 is 0 Å². The predicted molar refractivity (Wildman–Crippen MR) is 52.5 cm³/mol. The fourth-order valence-electron chi connectivity index (χ4n) is 0. The van der Waals surface area contributed by atoms with Crippen LogP contribution in [0, 0.1) is 0 Å². The van der Waals surface area contributed by atoms with Gasteiger partial charge in [0.05, 0.1) is 12.7 Å². The van der Waals surface area contributed by atoms with Gasteiger partial charge in [-0.15, -0.1) is 39.5 Å². The molecular weight excluding hydrogens is 140 g/mol. The molecule has 0 amide bonds. The van der Waals surface area contributed by atoms with Crippen molar-refractivity contribution in [3.8, 4) is 0 Å². The third kappa shape index (κ3) is 359. The van der Waals surface area contributed by atoms with Gasteiger partial charge in [-0.05, 0) is 6.92 Å². The fourth-order valence-corrected chi connectivity index (χ4v) is 0. The summed E-state index contributed by atoms with van der Waals surface area (Å²) in [5.74, 6) is 0. The molecule has 0 aliphatic rings. The van der Waals surface area contributed by atoms with E-state index in [1.54, 1.807) is 0 Å². The summed E-state index contributed by atoms with van der Waals surface area (Å²) in [6.45, 7) is 19.4. The van der Waals surface area contributed by atoms with Gasteiger partial charge in [0.15, 0.2) is 0 Å². The average Bonchev–Trinajstić information content (AvgIpc) is 2.15. The standard InChI is InChI=1S/C3H8O2.3C2H4/c1-3(5)2-4;3*1-2/h3-5H,2H2,1H3;3*1-2H2. The van der Waals surface area contributed by atoms with E-state index in [0.29, 0.717) is 0 Å². The van der Waals surface area contributed by atoms with E-state index in [1.807, 2.05) is 0 Å². The molecule has 68 valence electrons. The van der Waals surface area contributed by atoms with Crippen molar-refractivity contribution < 1.29 is 10.2 Å². The highest BCUT2D eigenvalue weighted by Gasteiger charge is 1.83. The summed E-state index contributed by atoms with van der Waals surface area (Å²) in [5, 5.41) is 16.0. The van der Waals surface area contributed by atoms with E-state index in [1.165, 1.54) is 6.92 Å². The number of hydrogen-bond acceptors (Lipinski definition) is 2. The molecule has 11 heavy (non-hydrogen) atoms. The first-order chi connectivity index (χ1) is 5.27. The molecule has 0 bridgehead atoms. The molecule has 2 N–H and O–H groups in total. The van der Waals surface area contributed by atoms with Crippen molar-refractivity contribution in [2.75, 3.05) is 6.61 Å². The van der Waals surface area contributed by atoms with Crippen molar-refractivity contribution in [2.24, 2.45) is 0 Å². The Morgan fingerprint density at radius 1 is 1.00 bits per heavy atom. The molecular formula is C9H20O2. The van der Waals surface area contributed by atoms with Crippen molar-refractivity contribution in [3.63, 3.8) is 0 Å². The summed E-state index contributed by atoms with van der Waals surface area (Å²) in [5.41, 5.74) is 0. The third-order valence-corrected chi connectivity index (χ3v) is 0.264. The van der Waals surface area contributed by atoms with Crippen LogP contribution >= 0.6 is 0 Å². The summed E-state index contributed by atoms with van der Waals surface area (Å²) in [7, 11) is 0. The first-order valence-corrected chi connectivity index (χ1v) is 3.06. The maximum atomic E-state index is 8.11. The molecule has 0 saturated carbocycles. The van der Waals surface area contributed by atoms with Crippen LogP contribution in [-0.2, 0) is 0 Å². The van der Waals surface area contributed by atoms with E-state index in [2.05, 4.69) is 39.5 Å². The van der Waals surface area contributed by atoms with Gasteiger partial charge < -0.3 is 10.2 Å². The highest BCUT2D eigenvalue weighted by atomic mass is 16.3. The zero-order valence-corrected chi connectivity index (χ0v) is 7.42. The second kappa shape index (κ2) is 61.4. The molecule has 1 atom stereocenters. The number of aliphatic hydroxyl groups excluding tert-OH is 2. The quantitative estimate of drug-likeness (QED) is 0.574. The molecule has 2 heteroatoms. The minimum absolute atomic E-state index is 0.139. The van der Waals surface area contributed by atoms with E-state index in [-0.39, 0.29) is 6.61 Å². The van der Waals surface area contributed by atoms with Gasteiger partial charge in [-0.25, -0.2) is 0 Å². The van der Waals surface area contributed by atoms with Crippen molar-refractivity contribution in [1.82, 2.24) is 0 Å². The highest BCUT2D eigenvalue weighted by molar-refractivity contribution is 4.34. The van der Waals surface area contributed by atoms with Gasteiger partial charge in [0.2, 0.25) is 0 Å². The summed E-state index contributed by atoms with van der Waals surface area (Å²) in [6, 6.07) is 0. The lowest BCUT2D eigenvalue weighted by atomic mass is 10.5. The smallest absolute Gasteiger partial charge is 0.0742 e. The molecule has 0 fully saturated rings. The molecule has 0 aliphatic carbocycles. The largest absolute Gasteiger partial charge is 0.394 e. The van der Waals surface area contributed by atoms with Crippen LogP contribution in [0.15, 0.2) is 39.5 Å². The van der Waals surface area contributed by atoms with E-state index < -0.39 is 6.10 Å². The molecule has 0 heterocycles. The molecule has 0 aromatic heterocycles. The first-order valence-electron chi connectivity index (χ1n) is 3.06. The van der Waals surface area contributed by atoms with Gasteiger partial charge in [-0.2, -0.15) is 0 Å². The molecule has 0 saturated heterocycles. The number of rotatable bonds is 1. The highest BCUT2D eigenvalue weighted by Crippen LogP contribution is 1.68. The van der Waals surface area contributed by atoms with Crippen LogP contribution in [0.2, 0.25) is 0 Å². The summed E-state index contributed by atoms with van der Waals surface area (Å²) < 4.78 is 0. The van der Waals surface area contributed by atoms with Gasteiger partial charge >= 0.3 is 0 Å². The molecule has 0 spiro atoms. The zero-order valence-electron chi connectivity index (χ0n) is 7.42. The molecule has 0 radical (unpaired) electrons. The Morgan fingerprint density at radius 2 is 1.09 bits per heavy atom. The molecule has 0 rings (SSSR count). The van der Waals surface area contributed by atoms with Gasteiger partial charge in [0, 0.05) is 0 Å². The zero-order chi connectivity index (χ0) is 10.3. The van der Waals surface area contributed by atoms with Gasteiger partial charge in [0.25, 0.3) is 0 Å². The number of aliphatic hydroxyl groups is 2. The maximum Gasteiger partial charge on any atom is 0.0742 e. The summed E-state index contributed by atoms with van der Waals surface area (Å²) in [4.78, 5) is 0. The average molecular weight is 160 g/mol. The van der Waals surface area contributed by atoms with Crippen LogP contribution in [0.1, 0.15) is 6.92 Å². The van der Waals surface area contributed by atoms with Crippen molar-refractivity contribution >= 4 is 0 Å². The Hall–Kier alpha value is -0.860. The van der Waals surface area contributed by atoms with Crippen LogP contribution in [-0.4, -0.2) is 22.9 Å². The molecule has 2 nitrogen and oxygen atoms in total. The SMILES string of the molecule is C=C.C=C.C=C.CC(O)CO. The van der Waals surface area contributed by atoms with Crippen LogP contribution in [0.5, 0.6) is 0 Å². The topological polar surface area (TPSA) is 40.5 Å². The number of hydrogen-bond donors (Lipinski definition) is 2. The lowest BCUT2D eigenvalue weighted by Crippen LogP contribution is -2.03. The van der Waals surface area contributed by atoms with Crippen LogP contribution in [0.25, 0.3) is 0 Å². The van der Waals surface area contributed by atoms with Crippen LogP contribution in [0.3, 0.4) is 0 Å². The van der Waals surface area contributed by atoms with Crippen molar-refractivity contribution in [1.29, 1.82) is 0 Å². The normalized spacial score (nSPS) is 7.91. The fraction of sp³-hybridized carbons (Fsp3) is 0.333. The monoisotopic (exact) mass is 160 g/mol. The summed E-state index contributed by atoms with van der Waals surface area (Å²) in [6.07, 6.45) is -0.560. The van der Waals surface area contributed by atoms with E-state index in [4.69, 9.17) is 10.2 Å². The summed E-state index contributed by atoms with van der Waals surface area (Å²) >= 11 is 0. The first kappa shape index (κ1) is 22.5. The minimum atomic E-state index is -0.560. The second-order valence-corrected chi connectivity index (χ2v) is 1.03. The Balaban J connectivity index is -0.0000000350. The Kier molecular flexibility index (Phi) is 125. The molecule has 0 aromatic carbocycles. The third-order valence-electron chi connectivity index (χ3n) is 0.264. The Labute approximate surface area is 70.2 Å². The van der Waals surface area contributed by atoms with E-state index in [0.717, 1.165) is 0 Å². The van der Waals surface area contributed by atoms with Crippen molar-refractivity contribution in [3.05, 3.63) is 39.5 Å². The van der Waals surface area contributed by atoms with Crippen LogP contribution in [0.4, 0.5) is 0 Å². The molecule has 0 aliphatic heterocycles. The molecule has 1 unspecified atom stereocenters. The van der Waals surface area contributed by atoms with Gasteiger partial charge in [-0.3, -0.25) is 0 Å². The van der Waals surface area contributed by atoms with Crippen LogP contribution < -0.4 is 0 Å². The molecule has 0 aromatic rings. The lowest BCUT2D eigenvalue weighted by molar-refractivity contribution is 0.110. The second-order valence-electron chi connectivity index (χ2n) is 1.03. The Morgan fingerprint density at radius 3 is 1.09 bits per heavy atom. The maximum absolute atomic E-state index is 8.11. The van der Waals surface area contributed by atoms with Gasteiger partial charge in [-0.1, -0.05) is 0 Å². The van der Waals surface area contributed by atoms with Crippen molar-refractivity contribution in [2.45, 2.75) is 13.0 Å². The minimum Gasteiger partial charge on any atom is -0.394 e. The van der Waals surface area contributed by atoms with Gasteiger partial charge in [0.1, 0.15) is 0 Å². The lowest BCUT2D eigenvalue weighted by Gasteiger charge is -1.90.